The van der Waals surface area contributed by atoms with Crippen LogP contribution in [0.25, 0.3) is 0 Å². The van der Waals surface area contributed by atoms with Crippen LogP contribution in [0.5, 0.6) is 5.88 Å². The van der Waals surface area contributed by atoms with Gasteiger partial charge in [0.05, 0.1) is 31.1 Å². The monoisotopic (exact) mass is 277 g/mol. The fourth-order valence-electron chi connectivity index (χ4n) is 1.29. The molecule has 1 heterocycles. The van der Waals surface area contributed by atoms with Crippen LogP contribution >= 0.6 is 0 Å². The molecule has 0 aliphatic heterocycles. The van der Waals surface area contributed by atoms with E-state index < -0.39 is 11.7 Å². The van der Waals surface area contributed by atoms with Gasteiger partial charge in [0.1, 0.15) is 5.60 Å². The van der Waals surface area contributed by atoms with Crippen LogP contribution < -0.4 is 15.8 Å². The minimum absolute atomic E-state index is 0.160. The van der Waals surface area contributed by atoms with Gasteiger partial charge in [0.2, 0.25) is 5.88 Å². The highest BCUT2D eigenvalue weighted by molar-refractivity contribution is 5.68. The quantitative estimate of drug-likeness (QED) is 0.801. The van der Waals surface area contributed by atoms with E-state index in [1.54, 1.807) is 26.8 Å². The standard InChI is InChI=1S/C14H19N3O3/c1-14(2,3)20-13(18)16-7-5-6-10-8-11(15)9-17-12(10)19-4/h8-9H,7,15H2,1-4H3,(H,16,18). The van der Waals surface area contributed by atoms with Crippen molar-refractivity contribution in [2.45, 2.75) is 26.4 Å². The summed E-state index contributed by atoms with van der Waals surface area (Å²) in [6.07, 6.45) is 0.979. The van der Waals surface area contributed by atoms with E-state index >= 15 is 0 Å². The van der Waals surface area contributed by atoms with Gasteiger partial charge in [-0.1, -0.05) is 11.8 Å². The number of anilines is 1. The third kappa shape index (κ3) is 5.48. The molecule has 1 amide bonds. The van der Waals surface area contributed by atoms with Crippen molar-refractivity contribution in [2.75, 3.05) is 19.4 Å². The molecule has 0 aliphatic rings. The van der Waals surface area contributed by atoms with Crippen LogP contribution in [0.4, 0.5) is 10.5 Å². The highest BCUT2D eigenvalue weighted by atomic mass is 16.6. The lowest BCUT2D eigenvalue weighted by molar-refractivity contribution is 0.0535. The first-order valence-electron chi connectivity index (χ1n) is 6.07. The van der Waals surface area contributed by atoms with E-state index in [0.29, 0.717) is 17.1 Å². The van der Waals surface area contributed by atoms with E-state index in [2.05, 4.69) is 22.1 Å². The Hall–Kier alpha value is -2.42. The number of carbonyl (C=O) groups excluding carboxylic acids is 1. The highest BCUT2D eigenvalue weighted by Crippen LogP contribution is 2.15. The van der Waals surface area contributed by atoms with Gasteiger partial charge in [-0.15, -0.1) is 0 Å². The van der Waals surface area contributed by atoms with Crippen molar-refractivity contribution < 1.29 is 14.3 Å². The number of hydrogen-bond donors (Lipinski definition) is 2. The smallest absolute Gasteiger partial charge is 0.408 e. The molecule has 1 aromatic heterocycles. The number of hydrogen-bond acceptors (Lipinski definition) is 5. The summed E-state index contributed by atoms with van der Waals surface area (Å²) in [5, 5.41) is 2.53. The summed E-state index contributed by atoms with van der Waals surface area (Å²) in [6.45, 7) is 5.54. The fraction of sp³-hybridized carbons (Fsp3) is 0.429. The van der Waals surface area contributed by atoms with Crippen molar-refractivity contribution in [2.24, 2.45) is 0 Å². The first-order valence-corrected chi connectivity index (χ1v) is 6.07. The molecule has 1 aromatic rings. The number of nitrogens with zero attached hydrogens (tertiary/aromatic N) is 1. The van der Waals surface area contributed by atoms with Crippen molar-refractivity contribution in [3.8, 4) is 17.7 Å². The number of alkyl carbamates (subject to hydrolysis) is 1. The number of methoxy groups -OCH3 is 1. The molecule has 0 radical (unpaired) electrons. The summed E-state index contributed by atoms with van der Waals surface area (Å²) in [5.74, 6) is 6.01. The molecule has 1 rings (SSSR count). The van der Waals surface area contributed by atoms with Crippen molar-refractivity contribution in [3.05, 3.63) is 17.8 Å². The van der Waals surface area contributed by atoms with Crippen molar-refractivity contribution in [1.82, 2.24) is 10.3 Å². The highest BCUT2D eigenvalue weighted by Gasteiger charge is 2.15. The Morgan fingerprint density at radius 1 is 1.50 bits per heavy atom. The van der Waals surface area contributed by atoms with Gasteiger partial charge in [0.25, 0.3) is 0 Å². The zero-order chi connectivity index (χ0) is 15.2. The summed E-state index contributed by atoms with van der Waals surface area (Å²) < 4.78 is 10.1. The Labute approximate surface area is 118 Å². The van der Waals surface area contributed by atoms with Crippen molar-refractivity contribution >= 4 is 11.8 Å². The molecule has 0 aromatic carbocycles. The number of nitrogens with two attached hydrogens (primary N) is 1. The first kappa shape index (κ1) is 15.6. The van der Waals surface area contributed by atoms with Crippen LogP contribution in [0.1, 0.15) is 26.3 Å². The summed E-state index contributed by atoms with van der Waals surface area (Å²) in [4.78, 5) is 15.4. The van der Waals surface area contributed by atoms with Gasteiger partial charge in [-0.2, -0.15) is 0 Å². The van der Waals surface area contributed by atoms with Crippen molar-refractivity contribution in [1.29, 1.82) is 0 Å². The minimum atomic E-state index is -0.529. The SMILES string of the molecule is COc1ncc(N)cc1C#CCNC(=O)OC(C)(C)C. The lowest BCUT2D eigenvalue weighted by atomic mass is 10.2. The maximum atomic E-state index is 11.4. The largest absolute Gasteiger partial charge is 0.480 e. The number of carbonyl (C=O) groups is 1. The zero-order valence-electron chi connectivity index (χ0n) is 12.1. The molecule has 0 unspecified atom stereocenters. The topological polar surface area (TPSA) is 86.5 Å². The Morgan fingerprint density at radius 3 is 2.80 bits per heavy atom. The van der Waals surface area contributed by atoms with Gasteiger partial charge in [0.15, 0.2) is 0 Å². The van der Waals surface area contributed by atoms with E-state index in [1.807, 2.05) is 0 Å². The molecule has 6 nitrogen and oxygen atoms in total. The normalized spacial score (nSPS) is 10.2. The Morgan fingerprint density at radius 2 is 2.20 bits per heavy atom. The summed E-state index contributed by atoms with van der Waals surface area (Å²) in [7, 11) is 1.50. The number of aromatic nitrogens is 1. The molecule has 3 N–H and O–H groups in total. The second-order valence-corrected chi connectivity index (χ2v) is 4.98. The summed E-state index contributed by atoms with van der Waals surface area (Å²) >= 11 is 0. The van der Waals surface area contributed by atoms with E-state index in [1.165, 1.54) is 13.3 Å². The number of rotatable bonds is 2. The first-order chi connectivity index (χ1) is 9.31. The molecule has 0 saturated carbocycles. The van der Waals surface area contributed by atoms with E-state index in [-0.39, 0.29) is 6.54 Å². The molecule has 108 valence electrons. The molecule has 0 spiro atoms. The average molecular weight is 277 g/mol. The summed E-state index contributed by atoms with van der Waals surface area (Å²) in [6, 6.07) is 1.66. The van der Waals surface area contributed by atoms with Crippen LogP contribution in [0, 0.1) is 11.8 Å². The van der Waals surface area contributed by atoms with Gasteiger partial charge in [-0.25, -0.2) is 9.78 Å². The minimum Gasteiger partial charge on any atom is -0.480 e. The molecule has 0 bridgehead atoms. The van der Waals surface area contributed by atoms with Gasteiger partial charge in [-0.3, -0.25) is 0 Å². The van der Waals surface area contributed by atoms with Gasteiger partial charge in [0, 0.05) is 0 Å². The molecule has 0 atom stereocenters. The summed E-state index contributed by atoms with van der Waals surface area (Å²) in [5.41, 5.74) is 6.16. The lowest BCUT2D eigenvalue weighted by Crippen LogP contribution is -2.32. The van der Waals surface area contributed by atoms with Crippen LogP contribution in [-0.4, -0.2) is 30.3 Å². The molecule has 0 saturated heterocycles. The van der Waals surface area contributed by atoms with E-state index in [0.717, 1.165) is 0 Å². The predicted molar refractivity (Wildman–Crippen MR) is 76.3 cm³/mol. The molecule has 0 fully saturated rings. The van der Waals surface area contributed by atoms with Crippen LogP contribution in [0.2, 0.25) is 0 Å². The maximum Gasteiger partial charge on any atom is 0.408 e. The number of nitrogen functional groups attached to an aromatic ring is 1. The predicted octanol–water partition coefficient (Wildman–Crippen LogP) is 1.55. The maximum absolute atomic E-state index is 11.4. The van der Waals surface area contributed by atoms with Gasteiger partial charge in [-0.05, 0) is 26.8 Å². The average Bonchev–Trinajstić information content (AvgIpc) is 2.33. The molecule has 6 heteroatoms. The van der Waals surface area contributed by atoms with Crippen LogP contribution in [0.15, 0.2) is 12.3 Å². The second-order valence-electron chi connectivity index (χ2n) is 4.98. The van der Waals surface area contributed by atoms with E-state index in [9.17, 15) is 4.79 Å². The Balaban J connectivity index is 2.59. The molecular formula is C14H19N3O3. The van der Waals surface area contributed by atoms with Crippen molar-refractivity contribution in [3.63, 3.8) is 0 Å². The van der Waals surface area contributed by atoms with Gasteiger partial charge < -0.3 is 20.5 Å². The third-order valence-electron chi connectivity index (χ3n) is 2.01. The Bertz CT molecular complexity index is 539. The third-order valence-corrected chi connectivity index (χ3v) is 2.01. The van der Waals surface area contributed by atoms with Crippen LogP contribution in [0.3, 0.4) is 0 Å². The lowest BCUT2D eigenvalue weighted by Gasteiger charge is -2.19. The van der Waals surface area contributed by atoms with Gasteiger partial charge >= 0.3 is 6.09 Å². The number of ether oxygens (including phenoxy) is 2. The Kier molecular flexibility index (Phi) is 5.21. The van der Waals surface area contributed by atoms with Crippen LogP contribution in [-0.2, 0) is 4.74 Å². The number of nitrogens with one attached hydrogen (secondary N) is 1. The zero-order valence-corrected chi connectivity index (χ0v) is 12.1. The second kappa shape index (κ2) is 6.66. The fourth-order valence-corrected chi connectivity index (χ4v) is 1.29. The van der Waals surface area contributed by atoms with E-state index in [4.69, 9.17) is 15.2 Å². The number of pyridine rings is 1. The molecule has 20 heavy (non-hydrogen) atoms. The molecular weight excluding hydrogens is 258 g/mol. The molecule has 0 aliphatic carbocycles. The number of amides is 1.